The van der Waals surface area contributed by atoms with Crippen molar-refractivity contribution in [2.45, 2.75) is 45.1 Å². The lowest BCUT2D eigenvalue weighted by atomic mass is 9.84. The molecule has 1 aliphatic rings. The van der Waals surface area contributed by atoms with Gasteiger partial charge >= 0.3 is 0 Å². The SMILES string of the molecule is Cc1cc(Nc2nc(NC3CCC(CC#N)CC3)nc3[nH]ncc23)n[nH]1. The van der Waals surface area contributed by atoms with Gasteiger partial charge in [0.15, 0.2) is 11.5 Å². The van der Waals surface area contributed by atoms with E-state index in [0.717, 1.165) is 36.8 Å². The molecule has 0 radical (unpaired) electrons. The second kappa shape index (κ2) is 7.00. The van der Waals surface area contributed by atoms with Crippen molar-refractivity contribution in [1.82, 2.24) is 30.4 Å². The minimum atomic E-state index is 0.325. The van der Waals surface area contributed by atoms with Crippen molar-refractivity contribution in [3.63, 3.8) is 0 Å². The van der Waals surface area contributed by atoms with Crippen LogP contribution in [-0.4, -0.2) is 36.4 Å². The molecule has 0 bridgehead atoms. The van der Waals surface area contributed by atoms with Crippen LogP contribution < -0.4 is 10.6 Å². The third-order valence-electron chi connectivity index (χ3n) is 4.82. The molecule has 1 aliphatic carbocycles. The highest BCUT2D eigenvalue weighted by Gasteiger charge is 2.22. The number of nitrogens with one attached hydrogen (secondary N) is 4. The molecule has 1 fully saturated rings. The van der Waals surface area contributed by atoms with Crippen LogP contribution in [0.2, 0.25) is 0 Å². The summed E-state index contributed by atoms with van der Waals surface area (Å²) in [6.07, 6.45) is 6.54. The van der Waals surface area contributed by atoms with Crippen molar-refractivity contribution in [1.29, 1.82) is 5.26 Å². The summed E-state index contributed by atoms with van der Waals surface area (Å²) >= 11 is 0. The smallest absolute Gasteiger partial charge is 0.226 e. The zero-order valence-corrected chi connectivity index (χ0v) is 14.6. The quantitative estimate of drug-likeness (QED) is 0.555. The van der Waals surface area contributed by atoms with Gasteiger partial charge in [-0.1, -0.05) is 0 Å². The van der Waals surface area contributed by atoms with Crippen LogP contribution in [0.4, 0.5) is 17.6 Å². The molecule has 3 aromatic rings. The highest BCUT2D eigenvalue weighted by Crippen LogP contribution is 2.29. The lowest BCUT2D eigenvalue weighted by Gasteiger charge is -2.27. The first-order valence-electron chi connectivity index (χ1n) is 8.85. The Labute approximate surface area is 150 Å². The highest BCUT2D eigenvalue weighted by molar-refractivity contribution is 5.88. The maximum Gasteiger partial charge on any atom is 0.226 e. The molecule has 0 aromatic carbocycles. The van der Waals surface area contributed by atoms with E-state index in [0.29, 0.717) is 41.6 Å². The van der Waals surface area contributed by atoms with E-state index in [1.54, 1.807) is 6.20 Å². The molecular formula is C17H21N9. The lowest BCUT2D eigenvalue weighted by Crippen LogP contribution is -2.27. The molecule has 0 saturated heterocycles. The first-order valence-corrected chi connectivity index (χ1v) is 8.85. The van der Waals surface area contributed by atoms with Gasteiger partial charge in [-0.25, -0.2) is 0 Å². The summed E-state index contributed by atoms with van der Waals surface area (Å²) in [6.45, 7) is 1.95. The average Bonchev–Trinajstić information content (AvgIpc) is 3.26. The van der Waals surface area contributed by atoms with Crippen molar-refractivity contribution in [2.75, 3.05) is 10.6 Å². The fourth-order valence-electron chi connectivity index (χ4n) is 3.42. The summed E-state index contributed by atoms with van der Waals surface area (Å²) in [7, 11) is 0. The van der Waals surface area contributed by atoms with Gasteiger partial charge in [0.05, 0.1) is 17.7 Å². The van der Waals surface area contributed by atoms with Crippen LogP contribution in [0, 0.1) is 24.2 Å². The second-order valence-electron chi connectivity index (χ2n) is 6.81. The Morgan fingerprint density at radius 3 is 2.81 bits per heavy atom. The summed E-state index contributed by atoms with van der Waals surface area (Å²) in [5.41, 5.74) is 1.65. The third-order valence-corrected chi connectivity index (χ3v) is 4.82. The number of H-pyrrole nitrogens is 2. The van der Waals surface area contributed by atoms with E-state index < -0.39 is 0 Å². The number of nitriles is 1. The fraction of sp³-hybridized carbons (Fsp3) is 0.471. The Morgan fingerprint density at radius 2 is 2.08 bits per heavy atom. The molecule has 9 heteroatoms. The molecule has 4 N–H and O–H groups in total. The number of aromatic amines is 2. The highest BCUT2D eigenvalue weighted by atomic mass is 15.2. The van der Waals surface area contributed by atoms with Gasteiger partial charge < -0.3 is 10.6 Å². The number of aryl methyl sites for hydroxylation is 1. The normalized spacial score (nSPS) is 20.0. The molecule has 134 valence electrons. The van der Waals surface area contributed by atoms with E-state index >= 15 is 0 Å². The van der Waals surface area contributed by atoms with Crippen LogP contribution in [0.25, 0.3) is 11.0 Å². The molecule has 0 aliphatic heterocycles. The minimum absolute atomic E-state index is 0.325. The van der Waals surface area contributed by atoms with Gasteiger partial charge in [0.2, 0.25) is 5.95 Å². The van der Waals surface area contributed by atoms with Gasteiger partial charge in [0.1, 0.15) is 5.82 Å². The number of anilines is 3. The molecule has 0 amide bonds. The van der Waals surface area contributed by atoms with Gasteiger partial charge in [-0.15, -0.1) is 0 Å². The molecule has 3 aromatic heterocycles. The van der Waals surface area contributed by atoms with E-state index in [1.807, 2.05) is 13.0 Å². The Morgan fingerprint density at radius 1 is 1.23 bits per heavy atom. The number of aromatic nitrogens is 6. The second-order valence-corrected chi connectivity index (χ2v) is 6.81. The maximum absolute atomic E-state index is 8.84. The van der Waals surface area contributed by atoms with Crippen LogP contribution in [0.5, 0.6) is 0 Å². The van der Waals surface area contributed by atoms with E-state index in [2.05, 4.69) is 47.1 Å². The van der Waals surface area contributed by atoms with Crippen LogP contribution in [0.15, 0.2) is 12.3 Å². The van der Waals surface area contributed by atoms with Crippen LogP contribution in [0.1, 0.15) is 37.8 Å². The standard InChI is InChI=1S/C17H21N9/c1-10-8-14(25-24-10)21-15-13-9-19-26-16(13)23-17(22-15)20-12-4-2-11(3-5-12)6-7-18/h8-9,11-12H,2-6H2,1H3,(H4,19,20,21,22,23,24,25,26). The topological polar surface area (TPSA) is 131 Å². The first-order chi connectivity index (χ1) is 12.7. The molecule has 0 spiro atoms. The number of fused-ring (bicyclic) bond motifs is 1. The molecule has 4 rings (SSSR count). The Balaban J connectivity index is 1.52. The monoisotopic (exact) mass is 351 g/mol. The van der Waals surface area contributed by atoms with E-state index in [1.165, 1.54) is 0 Å². The summed E-state index contributed by atoms with van der Waals surface area (Å²) in [4.78, 5) is 9.16. The van der Waals surface area contributed by atoms with Crippen LogP contribution >= 0.6 is 0 Å². The van der Waals surface area contributed by atoms with Crippen molar-refractivity contribution in [2.24, 2.45) is 5.92 Å². The summed E-state index contributed by atoms with van der Waals surface area (Å²) < 4.78 is 0. The van der Waals surface area contributed by atoms with Crippen LogP contribution in [0.3, 0.4) is 0 Å². The predicted molar refractivity (Wildman–Crippen MR) is 97.9 cm³/mol. The van der Waals surface area contributed by atoms with E-state index in [4.69, 9.17) is 5.26 Å². The zero-order valence-electron chi connectivity index (χ0n) is 14.6. The van der Waals surface area contributed by atoms with Gasteiger partial charge in [0.25, 0.3) is 0 Å². The molecule has 1 saturated carbocycles. The molecular weight excluding hydrogens is 330 g/mol. The number of rotatable bonds is 5. The van der Waals surface area contributed by atoms with Gasteiger partial charge in [-0.3, -0.25) is 10.2 Å². The first kappa shape index (κ1) is 16.3. The third kappa shape index (κ3) is 3.44. The van der Waals surface area contributed by atoms with E-state index in [-0.39, 0.29) is 0 Å². The number of hydrogen-bond acceptors (Lipinski definition) is 7. The van der Waals surface area contributed by atoms with Gasteiger partial charge in [0, 0.05) is 24.2 Å². The summed E-state index contributed by atoms with van der Waals surface area (Å²) in [5, 5.41) is 30.4. The maximum atomic E-state index is 8.84. The van der Waals surface area contributed by atoms with Crippen molar-refractivity contribution in [3.05, 3.63) is 18.0 Å². The Kier molecular flexibility index (Phi) is 4.39. The predicted octanol–water partition coefficient (Wildman–Crippen LogP) is 3.01. The molecule has 9 nitrogen and oxygen atoms in total. The summed E-state index contributed by atoms with van der Waals surface area (Å²) in [6, 6.07) is 4.52. The summed E-state index contributed by atoms with van der Waals surface area (Å²) in [5.74, 6) is 2.46. The number of nitrogens with zero attached hydrogens (tertiary/aromatic N) is 5. The van der Waals surface area contributed by atoms with Gasteiger partial charge in [-0.05, 0) is 38.5 Å². The molecule has 0 atom stereocenters. The Hall–Kier alpha value is -3.15. The average molecular weight is 351 g/mol. The molecule has 26 heavy (non-hydrogen) atoms. The number of hydrogen-bond donors (Lipinski definition) is 4. The fourth-order valence-corrected chi connectivity index (χ4v) is 3.42. The zero-order chi connectivity index (χ0) is 17.9. The minimum Gasteiger partial charge on any atom is -0.351 e. The largest absolute Gasteiger partial charge is 0.351 e. The van der Waals surface area contributed by atoms with Gasteiger partial charge in [-0.2, -0.15) is 25.4 Å². The van der Waals surface area contributed by atoms with Crippen molar-refractivity contribution in [3.8, 4) is 6.07 Å². The molecule has 3 heterocycles. The lowest BCUT2D eigenvalue weighted by molar-refractivity contribution is 0.342. The van der Waals surface area contributed by atoms with Crippen LogP contribution in [-0.2, 0) is 0 Å². The van der Waals surface area contributed by atoms with Crippen molar-refractivity contribution >= 4 is 28.6 Å². The molecule has 0 unspecified atom stereocenters. The van der Waals surface area contributed by atoms with E-state index in [9.17, 15) is 0 Å². The van der Waals surface area contributed by atoms with Crippen molar-refractivity contribution < 1.29 is 0 Å². The Bertz CT molecular complexity index is 927.